The molecule has 4 aromatic rings. The van der Waals surface area contributed by atoms with Gasteiger partial charge < -0.3 is 15.4 Å². The second kappa shape index (κ2) is 6.33. The smallest absolute Gasteiger partial charge is 0.223 e. The lowest BCUT2D eigenvalue weighted by atomic mass is 9.96. The molecule has 5 rings (SSSR count). The van der Waals surface area contributed by atoms with Crippen LogP contribution in [0.25, 0.3) is 16.6 Å². The van der Waals surface area contributed by atoms with Gasteiger partial charge in [-0.05, 0) is 36.1 Å². The predicted octanol–water partition coefficient (Wildman–Crippen LogP) is 2.46. The van der Waals surface area contributed by atoms with Crippen LogP contribution in [0.1, 0.15) is 18.3 Å². The van der Waals surface area contributed by atoms with E-state index in [1.807, 2.05) is 30.5 Å². The van der Waals surface area contributed by atoms with E-state index in [0.717, 1.165) is 24.2 Å². The van der Waals surface area contributed by atoms with Crippen LogP contribution in [0.5, 0.6) is 5.75 Å². The third-order valence-electron chi connectivity index (χ3n) is 5.15. The largest absolute Gasteiger partial charge is 0.494 e. The number of fused-ring (bicyclic) bond motifs is 4. The van der Waals surface area contributed by atoms with Gasteiger partial charge >= 0.3 is 0 Å². The number of methoxy groups -OCH3 is 1. The van der Waals surface area contributed by atoms with Gasteiger partial charge in [-0.15, -0.1) is 5.10 Å². The quantitative estimate of drug-likeness (QED) is 0.588. The molecule has 1 unspecified atom stereocenters. The molecular formula is C20H21N7O. The predicted molar refractivity (Wildman–Crippen MR) is 107 cm³/mol. The maximum Gasteiger partial charge on any atom is 0.223 e. The molecule has 142 valence electrons. The molecule has 8 nitrogen and oxygen atoms in total. The monoisotopic (exact) mass is 375 g/mol. The normalized spacial score (nSPS) is 16.5. The van der Waals surface area contributed by atoms with Crippen LogP contribution in [0.3, 0.4) is 0 Å². The molecular weight excluding hydrogens is 354 g/mol. The molecule has 0 saturated heterocycles. The first-order valence-corrected chi connectivity index (χ1v) is 9.30. The number of anilines is 2. The molecule has 0 fully saturated rings. The zero-order valence-corrected chi connectivity index (χ0v) is 15.8. The van der Waals surface area contributed by atoms with Gasteiger partial charge in [-0.1, -0.05) is 19.1 Å². The Hall–Kier alpha value is -3.42. The van der Waals surface area contributed by atoms with Crippen molar-refractivity contribution in [1.82, 2.24) is 24.6 Å². The van der Waals surface area contributed by atoms with Crippen LogP contribution in [0.15, 0.2) is 36.5 Å². The number of aromatic nitrogens is 5. The lowest BCUT2D eigenvalue weighted by Crippen LogP contribution is -2.34. The van der Waals surface area contributed by atoms with Gasteiger partial charge in [-0.2, -0.15) is 4.52 Å². The van der Waals surface area contributed by atoms with Crippen LogP contribution in [0.4, 0.5) is 11.8 Å². The van der Waals surface area contributed by atoms with Crippen molar-refractivity contribution in [3.05, 3.63) is 47.9 Å². The summed E-state index contributed by atoms with van der Waals surface area (Å²) in [5.74, 6) is 3.20. The standard InChI is InChI=1S/C20H21N7O/c1-12-9-13-5-4-8-22-18(13)26(10-12)11-16-23-19-14-6-3-7-15(28-2)17(14)24-20(21)27(19)25-16/h3-8,12H,9-11H2,1-2H3,(H2,21,24). The van der Waals surface area contributed by atoms with Gasteiger partial charge in [0.15, 0.2) is 11.5 Å². The molecule has 8 heteroatoms. The van der Waals surface area contributed by atoms with E-state index in [0.29, 0.717) is 35.2 Å². The lowest BCUT2D eigenvalue weighted by Gasteiger charge is -2.32. The summed E-state index contributed by atoms with van der Waals surface area (Å²) in [6.07, 6.45) is 2.88. The minimum Gasteiger partial charge on any atom is -0.494 e. The molecule has 4 heterocycles. The first kappa shape index (κ1) is 16.7. The molecule has 1 aliphatic rings. The van der Waals surface area contributed by atoms with Crippen LogP contribution >= 0.6 is 0 Å². The van der Waals surface area contributed by atoms with Crippen molar-refractivity contribution >= 4 is 28.3 Å². The van der Waals surface area contributed by atoms with E-state index in [-0.39, 0.29) is 5.95 Å². The Morgan fingerprint density at radius 3 is 2.96 bits per heavy atom. The minimum absolute atomic E-state index is 0.288. The summed E-state index contributed by atoms with van der Waals surface area (Å²) in [5, 5.41) is 5.48. The van der Waals surface area contributed by atoms with Gasteiger partial charge in [0.05, 0.1) is 13.7 Å². The fourth-order valence-corrected chi connectivity index (χ4v) is 3.99. The average Bonchev–Trinajstić information content (AvgIpc) is 3.12. The number of hydrogen-bond acceptors (Lipinski definition) is 7. The Bertz CT molecular complexity index is 1190. The molecule has 1 aliphatic heterocycles. The molecule has 0 amide bonds. The van der Waals surface area contributed by atoms with Crippen molar-refractivity contribution in [1.29, 1.82) is 0 Å². The highest BCUT2D eigenvalue weighted by Crippen LogP contribution is 2.30. The third-order valence-corrected chi connectivity index (χ3v) is 5.15. The molecule has 3 aromatic heterocycles. The fourth-order valence-electron chi connectivity index (χ4n) is 3.99. The van der Waals surface area contributed by atoms with E-state index in [1.54, 1.807) is 11.6 Å². The lowest BCUT2D eigenvalue weighted by molar-refractivity contribution is 0.419. The number of ether oxygens (including phenoxy) is 1. The van der Waals surface area contributed by atoms with Crippen LogP contribution in [-0.2, 0) is 13.0 Å². The topological polar surface area (TPSA) is 94.5 Å². The molecule has 0 radical (unpaired) electrons. The van der Waals surface area contributed by atoms with Gasteiger partial charge in [0.1, 0.15) is 17.1 Å². The van der Waals surface area contributed by atoms with Crippen molar-refractivity contribution in [2.45, 2.75) is 19.9 Å². The summed E-state index contributed by atoms with van der Waals surface area (Å²) in [4.78, 5) is 16.1. The van der Waals surface area contributed by atoms with E-state index in [1.165, 1.54) is 5.56 Å². The summed E-state index contributed by atoms with van der Waals surface area (Å²) in [7, 11) is 1.62. The number of para-hydroxylation sites is 1. The summed E-state index contributed by atoms with van der Waals surface area (Å²) < 4.78 is 7.02. The Morgan fingerprint density at radius 1 is 1.21 bits per heavy atom. The zero-order chi connectivity index (χ0) is 19.3. The molecule has 0 spiro atoms. The molecule has 1 aromatic carbocycles. The first-order chi connectivity index (χ1) is 13.6. The highest BCUT2D eigenvalue weighted by atomic mass is 16.5. The summed E-state index contributed by atoms with van der Waals surface area (Å²) in [6, 6.07) is 9.87. The van der Waals surface area contributed by atoms with Gasteiger partial charge in [0.2, 0.25) is 5.95 Å². The first-order valence-electron chi connectivity index (χ1n) is 9.30. The van der Waals surface area contributed by atoms with Crippen molar-refractivity contribution in [2.24, 2.45) is 5.92 Å². The van der Waals surface area contributed by atoms with Crippen LogP contribution in [-0.4, -0.2) is 38.2 Å². The molecule has 2 N–H and O–H groups in total. The highest BCUT2D eigenvalue weighted by Gasteiger charge is 2.24. The molecule has 0 bridgehead atoms. The molecule has 0 saturated carbocycles. The second-order valence-electron chi connectivity index (χ2n) is 7.27. The summed E-state index contributed by atoms with van der Waals surface area (Å²) in [6.45, 7) is 3.74. The van der Waals surface area contributed by atoms with E-state index in [4.69, 9.17) is 15.5 Å². The van der Waals surface area contributed by atoms with Gasteiger partial charge in [-0.3, -0.25) is 0 Å². The maximum atomic E-state index is 6.16. The second-order valence-corrected chi connectivity index (χ2v) is 7.27. The Balaban J connectivity index is 1.60. The Morgan fingerprint density at radius 2 is 2.11 bits per heavy atom. The third kappa shape index (κ3) is 2.60. The van der Waals surface area contributed by atoms with Crippen molar-refractivity contribution in [2.75, 3.05) is 24.3 Å². The number of nitrogens with two attached hydrogens (primary N) is 1. The molecule has 1 atom stereocenters. The Kier molecular flexibility index (Phi) is 3.78. The molecule has 28 heavy (non-hydrogen) atoms. The van der Waals surface area contributed by atoms with Crippen molar-refractivity contribution < 1.29 is 4.74 Å². The van der Waals surface area contributed by atoms with Gasteiger partial charge in [-0.25, -0.2) is 15.0 Å². The number of nitrogens with zero attached hydrogens (tertiary/aromatic N) is 6. The van der Waals surface area contributed by atoms with E-state index in [9.17, 15) is 0 Å². The number of rotatable bonds is 3. The summed E-state index contributed by atoms with van der Waals surface area (Å²) >= 11 is 0. The minimum atomic E-state index is 0.288. The van der Waals surface area contributed by atoms with E-state index < -0.39 is 0 Å². The fraction of sp³-hybridized carbons (Fsp3) is 0.300. The van der Waals surface area contributed by atoms with Crippen LogP contribution in [0, 0.1) is 5.92 Å². The van der Waals surface area contributed by atoms with Crippen molar-refractivity contribution in [3.63, 3.8) is 0 Å². The molecule has 0 aliphatic carbocycles. The summed E-state index contributed by atoms with van der Waals surface area (Å²) in [5.41, 5.74) is 8.79. The van der Waals surface area contributed by atoms with E-state index in [2.05, 4.69) is 33.0 Å². The maximum absolute atomic E-state index is 6.16. The van der Waals surface area contributed by atoms with E-state index >= 15 is 0 Å². The van der Waals surface area contributed by atoms with Crippen LogP contribution in [0.2, 0.25) is 0 Å². The number of pyridine rings is 1. The number of nitrogen functional groups attached to an aromatic ring is 1. The average molecular weight is 375 g/mol. The zero-order valence-electron chi connectivity index (χ0n) is 15.8. The number of hydrogen-bond donors (Lipinski definition) is 1. The van der Waals surface area contributed by atoms with Gasteiger partial charge in [0, 0.05) is 18.1 Å². The van der Waals surface area contributed by atoms with Gasteiger partial charge in [0.25, 0.3) is 0 Å². The van der Waals surface area contributed by atoms with Crippen molar-refractivity contribution in [3.8, 4) is 5.75 Å². The SMILES string of the molecule is COc1cccc2c1nc(N)n1nc(CN3CC(C)Cc4cccnc43)nc21. The Labute approximate surface area is 162 Å². The highest BCUT2D eigenvalue weighted by molar-refractivity contribution is 5.95. The number of benzene rings is 1. The van der Waals surface area contributed by atoms with Crippen LogP contribution < -0.4 is 15.4 Å².